The minimum atomic E-state index is -0.487. The van der Waals surface area contributed by atoms with Crippen molar-refractivity contribution in [1.82, 2.24) is 5.32 Å². The summed E-state index contributed by atoms with van der Waals surface area (Å²) < 4.78 is 4.54. The van der Waals surface area contributed by atoms with Gasteiger partial charge < -0.3 is 14.8 Å². The van der Waals surface area contributed by atoms with Gasteiger partial charge in [0.05, 0.1) is 13.2 Å². The zero-order valence-electron chi connectivity index (χ0n) is 9.81. The third kappa shape index (κ3) is 3.08. The van der Waals surface area contributed by atoms with Gasteiger partial charge in [0.25, 0.3) is 0 Å². The molecular formula is C12H19NO3. The number of hydrogen-bond acceptors (Lipinski definition) is 3. The molecule has 0 aromatic rings. The summed E-state index contributed by atoms with van der Waals surface area (Å²) in [6.45, 7) is 2.10. The molecule has 0 heterocycles. The van der Waals surface area contributed by atoms with Crippen LogP contribution in [0.3, 0.4) is 0 Å². The molecule has 1 N–H and O–H groups in total. The molecule has 0 aromatic heterocycles. The first kappa shape index (κ1) is 12.7. The molecule has 1 aliphatic rings. The van der Waals surface area contributed by atoms with Gasteiger partial charge in [0.15, 0.2) is 0 Å². The predicted octanol–water partition coefficient (Wildman–Crippen LogP) is 1.90. The van der Waals surface area contributed by atoms with E-state index in [0.717, 1.165) is 25.5 Å². The Balaban J connectivity index is 2.67. The highest BCUT2D eigenvalue weighted by Crippen LogP contribution is 2.28. The summed E-state index contributed by atoms with van der Waals surface area (Å²) in [4.78, 5) is 22.2. The van der Waals surface area contributed by atoms with Crippen LogP contribution < -0.4 is 5.32 Å². The summed E-state index contributed by atoms with van der Waals surface area (Å²) in [5.74, 6) is 0.193. The largest absolute Gasteiger partial charge is 0.453 e. The lowest BCUT2D eigenvalue weighted by Crippen LogP contribution is -2.44. The molecule has 1 aliphatic carbocycles. The first-order valence-electron chi connectivity index (χ1n) is 5.69. The van der Waals surface area contributed by atoms with Gasteiger partial charge in [0.2, 0.25) is 0 Å². The van der Waals surface area contributed by atoms with E-state index in [1.165, 1.54) is 7.11 Å². The summed E-state index contributed by atoms with van der Waals surface area (Å²) >= 11 is 0. The number of nitrogens with one attached hydrogen (secondary N) is 1. The van der Waals surface area contributed by atoms with Crippen LogP contribution in [-0.2, 0) is 9.53 Å². The number of methoxy groups -OCH3 is 1. The Bertz CT molecular complexity index is 275. The van der Waals surface area contributed by atoms with Gasteiger partial charge in [0.1, 0.15) is 6.29 Å². The summed E-state index contributed by atoms with van der Waals surface area (Å²) in [6.07, 6.45) is 7.34. The minimum absolute atomic E-state index is 0.135. The average Bonchev–Trinajstić information content (AvgIpc) is 2.29. The average molecular weight is 225 g/mol. The van der Waals surface area contributed by atoms with Crippen LogP contribution >= 0.6 is 0 Å². The van der Waals surface area contributed by atoms with Crippen molar-refractivity contribution in [2.24, 2.45) is 11.8 Å². The predicted molar refractivity (Wildman–Crippen MR) is 61.0 cm³/mol. The van der Waals surface area contributed by atoms with E-state index in [4.69, 9.17) is 0 Å². The van der Waals surface area contributed by atoms with Crippen LogP contribution in [0.2, 0.25) is 0 Å². The fourth-order valence-electron chi connectivity index (χ4n) is 2.19. The maximum atomic E-state index is 11.1. The van der Waals surface area contributed by atoms with Gasteiger partial charge in [0, 0.05) is 5.92 Å². The quantitative estimate of drug-likeness (QED) is 0.587. The van der Waals surface area contributed by atoms with Gasteiger partial charge in [-0.1, -0.05) is 25.5 Å². The number of rotatable bonds is 4. The summed E-state index contributed by atoms with van der Waals surface area (Å²) in [5, 5.41) is 2.68. The van der Waals surface area contributed by atoms with Crippen molar-refractivity contribution in [1.29, 1.82) is 0 Å². The number of ether oxygens (including phenoxy) is 1. The van der Waals surface area contributed by atoms with Crippen LogP contribution in [0.1, 0.15) is 26.2 Å². The van der Waals surface area contributed by atoms with Crippen molar-refractivity contribution in [2.75, 3.05) is 7.11 Å². The van der Waals surface area contributed by atoms with Crippen molar-refractivity contribution in [3.05, 3.63) is 12.2 Å². The third-order valence-corrected chi connectivity index (χ3v) is 3.03. The Labute approximate surface area is 96.0 Å². The van der Waals surface area contributed by atoms with Crippen molar-refractivity contribution < 1.29 is 14.3 Å². The number of carbonyl (C=O) groups is 2. The van der Waals surface area contributed by atoms with Crippen molar-refractivity contribution in [2.45, 2.75) is 32.2 Å². The molecule has 16 heavy (non-hydrogen) atoms. The molecule has 90 valence electrons. The zero-order chi connectivity index (χ0) is 12.0. The fraction of sp³-hybridized carbons (Fsp3) is 0.667. The molecule has 3 atom stereocenters. The number of hydrogen-bond donors (Lipinski definition) is 1. The van der Waals surface area contributed by atoms with E-state index < -0.39 is 6.09 Å². The zero-order valence-corrected chi connectivity index (χ0v) is 9.81. The minimum Gasteiger partial charge on any atom is -0.453 e. The lowest BCUT2D eigenvalue weighted by Gasteiger charge is -2.31. The smallest absolute Gasteiger partial charge is 0.407 e. The number of alkyl carbamates (subject to hydrolysis) is 1. The van der Waals surface area contributed by atoms with Crippen molar-refractivity contribution in [3.63, 3.8) is 0 Å². The standard InChI is InChI=1S/C12H19NO3/c1-3-5-9-6-4-7-11(10(9)8-14)13-12(15)16-2/h4,7-11H,3,5-6H2,1-2H3,(H,13,15). The molecule has 0 aromatic carbocycles. The van der Waals surface area contributed by atoms with Crippen molar-refractivity contribution in [3.8, 4) is 0 Å². The molecule has 4 nitrogen and oxygen atoms in total. The summed E-state index contributed by atoms with van der Waals surface area (Å²) in [7, 11) is 1.32. The molecule has 0 fully saturated rings. The highest BCUT2D eigenvalue weighted by molar-refractivity contribution is 5.69. The molecule has 0 aliphatic heterocycles. The van der Waals surface area contributed by atoms with E-state index in [2.05, 4.69) is 17.0 Å². The van der Waals surface area contributed by atoms with Gasteiger partial charge in [-0.3, -0.25) is 0 Å². The fourth-order valence-corrected chi connectivity index (χ4v) is 2.19. The van der Waals surface area contributed by atoms with Crippen LogP contribution in [0, 0.1) is 11.8 Å². The van der Waals surface area contributed by atoms with Crippen LogP contribution in [0.5, 0.6) is 0 Å². The van der Waals surface area contributed by atoms with Gasteiger partial charge in [-0.15, -0.1) is 0 Å². The Morgan fingerprint density at radius 2 is 2.38 bits per heavy atom. The van der Waals surface area contributed by atoms with E-state index in [0.29, 0.717) is 5.92 Å². The lowest BCUT2D eigenvalue weighted by molar-refractivity contribution is -0.113. The number of amides is 1. The highest BCUT2D eigenvalue weighted by atomic mass is 16.5. The monoisotopic (exact) mass is 225 g/mol. The van der Waals surface area contributed by atoms with Crippen LogP contribution in [-0.4, -0.2) is 25.5 Å². The molecule has 0 bridgehead atoms. The maximum absolute atomic E-state index is 11.1. The third-order valence-electron chi connectivity index (χ3n) is 3.03. The van der Waals surface area contributed by atoms with Gasteiger partial charge in [-0.2, -0.15) is 0 Å². The molecule has 0 spiro atoms. The molecule has 4 heteroatoms. The van der Waals surface area contributed by atoms with E-state index in [-0.39, 0.29) is 12.0 Å². The van der Waals surface area contributed by atoms with Crippen molar-refractivity contribution >= 4 is 12.4 Å². The van der Waals surface area contributed by atoms with Gasteiger partial charge in [-0.25, -0.2) is 4.79 Å². The second-order valence-corrected chi connectivity index (χ2v) is 4.09. The highest BCUT2D eigenvalue weighted by Gasteiger charge is 2.30. The first-order chi connectivity index (χ1) is 7.72. The Hall–Kier alpha value is -1.32. The second kappa shape index (κ2) is 6.30. The lowest BCUT2D eigenvalue weighted by atomic mass is 9.78. The first-order valence-corrected chi connectivity index (χ1v) is 5.69. The Morgan fingerprint density at radius 3 is 2.94 bits per heavy atom. The van der Waals surface area contributed by atoms with Crippen LogP contribution in [0.25, 0.3) is 0 Å². The molecule has 0 saturated carbocycles. The molecular weight excluding hydrogens is 206 g/mol. The van der Waals surface area contributed by atoms with Crippen LogP contribution in [0.4, 0.5) is 4.79 Å². The van der Waals surface area contributed by atoms with Gasteiger partial charge >= 0.3 is 6.09 Å². The molecule has 1 rings (SSSR count). The topological polar surface area (TPSA) is 55.4 Å². The van der Waals surface area contributed by atoms with Gasteiger partial charge in [-0.05, 0) is 18.8 Å². The molecule has 0 saturated heterocycles. The molecule has 3 unspecified atom stereocenters. The Kier molecular flexibility index (Phi) is 5.02. The van der Waals surface area contributed by atoms with E-state index in [1.807, 2.05) is 12.2 Å². The number of allylic oxidation sites excluding steroid dienone is 1. The summed E-state index contributed by atoms with van der Waals surface area (Å²) in [5.41, 5.74) is 0. The van der Waals surface area contributed by atoms with Crippen LogP contribution in [0.15, 0.2) is 12.2 Å². The SMILES string of the molecule is CCCC1CC=CC(NC(=O)OC)C1C=O. The van der Waals surface area contributed by atoms with E-state index in [1.54, 1.807) is 0 Å². The van der Waals surface area contributed by atoms with E-state index in [9.17, 15) is 9.59 Å². The normalized spacial score (nSPS) is 28.5. The molecule has 1 amide bonds. The molecule has 0 radical (unpaired) electrons. The maximum Gasteiger partial charge on any atom is 0.407 e. The van der Waals surface area contributed by atoms with E-state index >= 15 is 0 Å². The summed E-state index contributed by atoms with van der Waals surface area (Å²) in [6, 6.07) is -0.227. The number of carbonyl (C=O) groups excluding carboxylic acids is 2. The Morgan fingerprint density at radius 1 is 1.62 bits per heavy atom. The second-order valence-electron chi connectivity index (χ2n) is 4.09. The number of aldehydes is 1.